The van der Waals surface area contributed by atoms with Crippen molar-refractivity contribution in [2.24, 2.45) is 0 Å². The molecule has 0 radical (unpaired) electrons. The zero-order valence-corrected chi connectivity index (χ0v) is 11.6. The molecule has 0 aromatic heterocycles. The van der Waals surface area contributed by atoms with Crippen molar-refractivity contribution in [1.29, 1.82) is 0 Å². The molecule has 0 fully saturated rings. The lowest BCUT2D eigenvalue weighted by molar-refractivity contribution is -0.274. The second-order valence-electron chi connectivity index (χ2n) is 4.70. The summed E-state index contributed by atoms with van der Waals surface area (Å²) in [5.41, 5.74) is -0.979. The highest BCUT2D eigenvalue weighted by Gasteiger charge is 2.32. The van der Waals surface area contributed by atoms with Gasteiger partial charge < -0.3 is 20.5 Å². The van der Waals surface area contributed by atoms with Crippen LogP contribution in [-0.4, -0.2) is 29.6 Å². The minimum atomic E-state index is -4.85. The molecule has 0 saturated heterocycles. The van der Waals surface area contributed by atoms with Gasteiger partial charge in [0, 0.05) is 0 Å². The average Bonchev–Trinajstić information content (AvgIpc) is 2.39. The molecule has 0 saturated carbocycles. The fraction of sp³-hybridized carbons (Fsp3) is 0.462. The molecule has 0 heterocycles. The van der Waals surface area contributed by atoms with Crippen LogP contribution < -0.4 is 15.4 Å². The summed E-state index contributed by atoms with van der Waals surface area (Å²) >= 11 is 0. The molecule has 0 aliphatic heterocycles. The normalized spacial score (nSPS) is 14.2. The Balaban J connectivity index is 2.81. The summed E-state index contributed by atoms with van der Waals surface area (Å²) in [5.74, 6) is -0.512. The van der Waals surface area contributed by atoms with Crippen molar-refractivity contribution in [1.82, 2.24) is 5.32 Å². The highest BCUT2D eigenvalue weighted by atomic mass is 19.4. The number of amides is 2. The molecule has 1 aromatic rings. The van der Waals surface area contributed by atoms with Crippen LogP contribution in [0.15, 0.2) is 24.3 Å². The van der Waals surface area contributed by atoms with Crippen molar-refractivity contribution in [2.75, 3.05) is 11.9 Å². The van der Waals surface area contributed by atoms with Gasteiger partial charge in [0.25, 0.3) is 0 Å². The zero-order valence-electron chi connectivity index (χ0n) is 11.6. The van der Waals surface area contributed by atoms with E-state index in [0.717, 1.165) is 6.07 Å². The summed E-state index contributed by atoms with van der Waals surface area (Å²) in [5, 5.41) is 14.0. The van der Waals surface area contributed by atoms with Crippen LogP contribution in [0.4, 0.5) is 23.7 Å². The Morgan fingerprint density at radius 3 is 2.48 bits per heavy atom. The van der Waals surface area contributed by atoms with Crippen LogP contribution in [0.3, 0.4) is 0 Å². The first kappa shape index (κ1) is 17.1. The summed E-state index contributed by atoms with van der Waals surface area (Å²) in [6.07, 6.45) is -4.39. The Bertz CT molecular complexity index is 488. The number of benzene rings is 1. The number of rotatable bonds is 5. The third kappa shape index (κ3) is 5.50. The largest absolute Gasteiger partial charge is 0.573 e. The topological polar surface area (TPSA) is 70.6 Å². The molecule has 21 heavy (non-hydrogen) atoms. The number of carbonyl (C=O) groups is 1. The van der Waals surface area contributed by atoms with E-state index in [1.165, 1.54) is 18.2 Å². The summed E-state index contributed by atoms with van der Waals surface area (Å²) in [7, 11) is 0. The van der Waals surface area contributed by atoms with E-state index < -0.39 is 23.7 Å². The van der Waals surface area contributed by atoms with E-state index in [0.29, 0.717) is 6.42 Å². The summed E-state index contributed by atoms with van der Waals surface area (Å²) in [6.45, 7) is 3.08. The van der Waals surface area contributed by atoms with Crippen molar-refractivity contribution >= 4 is 11.7 Å². The molecular formula is C13H17F3N2O3. The molecule has 1 atom stereocenters. The van der Waals surface area contributed by atoms with Crippen LogP contribution in [0, 0.1) is 0 Å². The van der Waals surface area contributed by atoms with Gasteiger partial charge in [-0.25, -0.2) is 4.79 Å². The van der Waals surface area contributed by atoms with Crippen LogP contribution in [0.1, 0.15) is 20.3 Å². The highest BCUT2D eigenvalue weighted by Crippen LogP contribution is 2.29. The van der Waals surface area contributed by atoms with Gasteiger partial charge in [-0.3, -0.25) is 0 Å². The number of hydrogen-bond acceptors (Lipinski definition) is 3. The number of alkyl halides is 3. The van der Waals surface area contributed by atoms with Gasteiger partial charge in [0.05, 0.1) is 17.8 Å². The van der Waals surface area contributed by atoms with Gasteiger partial charge in [-0.2, -0.15) is 0 Å². The second-order valence-corrected chi connectivity index (χ2v) is 4.70. The maximum Gasteiger partial charge on any atom is 0.573 e. The van der Waals surface area contributed by atoms with Gasteiger partial charge in [0.1, 0.15) is 0 Å². The first-order valence-corrected chi connectivity index (χ1v) is 6.24. The quantitative estimate of drug-likeness (QED) is 0.783. The number of halogens is 3. The SMILES string of the molecule is CCC(C)(CO)NC(=O)Nc1ccccc1OC(F)(F)F. The van der Waals surface area contributed by atoms with Gasteiger partial charge in [0.2, 0.25) is 0 Å². The summed E-state index contributed by atoms with van der Waals surface area (Å²) < 4.78 is 40.6. The van der Waals surface area contributed by atoms with Crippen LogP contribution >= 0.6 is 0 Å². The van der Waals surface area contributed by atoms with Gasteiger partial charge in [-0.1, -0.05) is 19.1 Å². The molecule has 0 aliphatic carbocycles. The number of anilines is 1. The number of aliphatic hydroxyl groups excluding tert-OH is 1. The average molecular weight is 306 g/mol. The van der Waals surface area contributed by atoms with E-state index in [1.54, 1.807) is 13.8 Å². The fourth-order valence-corrected chi connectivity index (χ4v) is 1.45. The number of ether oxygens (including phenoxy) is 1. The van der Waals surface area contributed by atoms with Gasteiger partial charge in [-0.05, 0) is 25.5 Å². The van der Waals surface area contributed by atoms with Crippen molar-refractivity contribution < 1.29 is 27.8 Å². The lowest BCUT2D eigenvalue weighted by atomic mass is 10.0. The molecule has 1 rings (SSSR count). The third-order valence-electron chi connectivity index (χ3n) is 2.91. The van der Waals surface area contributed by atoms with E-state index in [2.05, 4.69) is 15.4 Å². The Morgan fingerprint density at radius 2 is 1.95 bits per heavy atom. The van der Waals surface area contributed by atoms with E-state index in [9.17, 15) is 23.1 Å². The summed E-state index contributed by atoms with van der Waals surface area (Å²) in [4.78, 5) is 11.8. The van der Waals surface area contributed by atoms with Crippen LogP contribution in [0.5, 0.6) is 5.75 Å². The number of hydrogen-bond donors (Lipinski definition) is 3. The molecule has 8 heteroatoms. The van der Waals surface area contributed by atoms with Crippen molar-refractivity contribution in [2.45, 2.75) is 32.2 Å². The molecule has 3 N–H and O–H groups in total. The summed E-state index contributed by atoms with van der Waals surface area (Å²) in [6, 6.07) is 4.46. The predicted molar refractivity (Wildman–Crippen MR) is 71.1 cm³/mol. The Morgan fingerprint density at radius 1 is 1.33 bits per heavy atom. The molecule has 1 aromatic carbocycles. The molecule has 2 amide bonds. The predicted octanol–water partition coefficient (Wildman–Crippen LogP) is 2.87. The molecule has 0 aliphatic rings. The van der Waals surface area contributed by atoms with E-state index in [1.807, 2.05) is 0 Å². The number of urea groups is 1. The van der Waals surface area contributed by atoms with Crippen molar-refractivity contribution in [3.63, 3.8) is 0 Å². The minimum absolute atomic E-state index is 0.122. The Labute approximate surface area is 120 Å². The molecule has 0 bridgehead atoms. The van der Waals surface area contributed by atoms with E-state index >= 15 is 0 Å². The molecule has 5 nitrogen and oxygen atoms in total. The van der Waals surface area contributed by atoms with Gasteiger partial charge >= 0.3 is 12.4 Å². The second kappa shape index (κ2) is 6.66. The lowest BCUT2D eigenvalue weighted by Gasteiger charge is -2.27. The fourth-order valence-electron chi connectivity index (χ4n) is 1.45. The van der Waals surface area contributed by atoms with Crippen LogP contribution in [0.2, 0.25) is 0 Å². The number of para-hydroxylation sites is 2. The third-order valence-corrected chi connectivity index (χ3v) is 2.91. The standard InChI is InChI=1S/C13H17F3N2O3/c1-3-12(2,8-19)18-11(20)17-9-6-4-5-7-10(9)21-13(14,15)16/h4-7,19H,3,8H2,1-2H3,(H2,17,18,20). The smallest absolute Gasteiger partial charge is 0.404 e. The molecule has 118 valence electrons. The van der Waals surface area contributed by atoms with Crippen molar-refractivity contribution in [3.05, 3.63) is 24.3 Å². The first-order valence-electron chi connectivity index (χ1n) is 6.24. The molecule has 1 unspecified atom stereocenters. The van der Waals surface area contributed by atoms with Gasteiger partial charge in [0.15, 0.2) is 5.75 Å². The molecular weight excluding hydrogens is 289 g/mol. The van der Waals surface area contributed by atoms with Crippen LogP contribution in [0.25, 0.3) is 0 Å². The maximum atomic E-state index is 12.3. The number of nitrogens with one attached hydrogen (secondary N) is 2. The molecule has 0 spiro atoms. The van der Waals surface area contributed by atoms with Gasteiger partial charge in [-0.15, -0.1) is 13.2 Å². The maximum absolute atomic E-state index is 12.3. The van der Waals surface area contributed by atoms with E-state index in [-0.39, 0.29) is 12.3 Å². The Kier molecular flexibility index (Phi) is 5.42. The highest BCUT2D eigenvalue weighted by molar-refractivity contribution is 5.91. The zero-order chi connectivity index (χ0) is 16.1. The van der Waals surface area contributed by atoms with Crippen molar-refractivity contribution in [3.8, 4) is 5.75 Å². The van der Waals surface area contributed by atoms with Crippen LogP contribution in [-0.2, 0) is 0 Å². The number of aliphatic hydroxyl groups is 1. The number of carbonyl (C=O) groups excluding carboxylic acids is 1. The van der Waals surface area contributed by atoms with E-state index in [4.69, 9.17) is 0 Å². The first-order chi connectivity index (χ1) is 9.69. The monoisotopic (exact) mass is 306 g/mol. The Hall–Kier alpha value is -1.96. The minimum Gasteiger partial charge on any atom is -0.404 e. The lowest BCUT2D eigenvalue weighted by Crippen LogP contribution is -2.50.